The van der Waals surface area contributed by atoms with Gasteiger partial charge < -0.3 is 19.1 Å². The van der Waals surface area contributed by atoms with Crippen LogP contribution in [-0.4, -0.2) is 29.3 Å². The molecule has 0 saturated carbocycles. The number of rotatable bonds is 0. The van der Waals surface area contributed by atoms with Crippen LogP contribution in [0.4, 0.5) is 0 Å². The molecular formula is C6H14O4Si. The molecule has 0 aromatic rings. The molecule has 0 bridgehead atoms. The quantitative estimate of drug-likeness (QED) is 0.444. The fraction of sp³-hybridized carbons (Fsp3) is 1.00. The molecule has 1 saturated heterocycles. The van der Waals surface area contributed by atoms with E-state index in [-0.39, 0.29) is 12.0 Å². The summed E-state index contributed by atoms with van der Waals surface area (Å²) in [5, 5.41) is 9.47. The second-order valence-corrected chi connectivity index (χ2v) is 5.53. The van der Waals surface area contributed by atoms with E-state index in [9.17, 15) is 5.11 Å². The van der Waals surface area contributed by atoms with Crippen LogP contribution in [0.5, 0.6) is 0 Å². The Balaban J connectivity index is 2.67. The Bertz CT molecular complexity index is 157. The van der Waals surface area contributed by atoms with Gasteiger partial charge in [-0.25, -0.2) is 0 Å². The van der Waals surface area contributed by atoms with Crippen LogP contribution in [0.2, 0.25) is 6.04 Å². The summed E-state index contributed by atoms with van der Waals surface area (Å²) in [6, 6.07) is 0.282. The second-order valence-electron chi connectivity index (χ2n) is 3.34. The van der Waals surface area contributed by atoms with E-state index in [0.29, 0.717) is 6.42 Å². The first-order chi connectivity index (χ1) is 4.83. The summed E-state index contributed by atoms with van der Waals surface area (Å²) in [5.41, 5.74) is 0. The van der Waals surface area contributed by atoms with Gasteiger partial charge in [-0.3, -0.25) is 0 Å². The van der Waals surface area contributed by atoms with Crippen molar-refractivity contribution in [1.29, 1.82) is 0 Å². The standard InChI is InChI=1S/C6H14O4Si/c1-5-3-4-11(8,9)10-6(5,2)7/h5,7-9H,3-4H2,1-2H3. The Morgan fingerprint density at radius 2 is 2.09 bits per heavy atom. The monoisotopic (exact) mass is 178 g/mol. The first kappa shape index (κ1) is 9.15. The van der Waals surface area contributed by atoms with Gasteiger partial charge in [0.1, 0.15) is 0 Å². The molecule has 0 aromatic carbocycles. The van der Waals surface area contributed by atoms with Gasteiger partial charge in [0.15, 0.2) is 5.79 Å². The maximum absolute atomic E-state index is 9.47. The van der Waals surface area contributed by atoms with Gasteiger partial charge in [0.25, 0.3) is 0 Å². The molecule has 0 radical (unpaired) electrons. The Hall–Kier alpha value is 0.0569. The van der Waals surface area contributed by atoms with E-state index in [1.54, 1.807) is 0 Å². The third kappa shape index (κ3) is 2.00. The Morgan fingerprint density at radius 1 is 1.55 bits per heavy atom. The van der Waals surface area contributed by atoms with Crippen LogP contribution < -0.4 is 0 Å². The molecule has 66 valence electrons. The van der Waals surface area contributed by atoms with Crippen LogP contribution in [0.15, 0.2) is 0 Å². The van der Waals surface area contributed by atoms with Crippen LogP contribution in [0.25, 0.3) is 0 Å². The van der Waals surface area contributed by atoms with Crippen molar-refractivity contribution < 1.29 is 19.1 Å². The van der Waals surface area contributed by atoms with Gasteiger partial charge in [-0.2, -0.15) is 0 Å². The van der Waals surface area contributed by atoms with Crippen molar-refractivity contribution in [2.24, 2.45) is 5.92 Å². The Kier molecular flexibility index (Phi) is 2.10. The minimum absolute atomic E-state index is 0.0394. The van der Waals surface area contributed by atoms with E-state index >= 15 is 0 Å². The highest BCUT2D eigenvalue weighted by Crippen LogP contribution is 2.33. The number of hydrogen-bond donors (Lipinski definition) is 3. The van der Waals surface area contributed by atoms with Crippen molar-refractivity contribution in [1.82, 2.24) is 0 Å². The number of aliphatic hydroxyl groups is 1. The minimum Gasteiger partial charge on any atom is -0.390 e. The van der Waals surface area contributed by atoms with Gasteiger partial charge in [-0.1, -0.05) is 6.92 Å². The molecule has 2 unspecified atom stereocenters. The average Bonchev–Trinajstić information content (AvgIpc) is 1.77. The minimum atomic E-state index is -3.52. The maximum Gasteiger partial charge on any atom is 0.497 e. The number of hydrogen-bond acceptors (Lipinski definition) is 4. The van der Waals surface area contributed by atoms with Gasteiger partial charge in [0, 0.05) is 12.0 Å². The van der Waals surface area contributed by atoms with Crippen molar-refractivity contribution in [2.75, 3.05) is 0 Å². The molecule has 0 amide bonds. The van der Waals surface area contributed by atoms with Crippen LogP contribution >= 0.6 is 0 Å². The van der Waals surface area contributed by atoms with E-state index < -0.39 is 14.6 Å². The molecule has 0 aliphatic carbocycles. The summed E-state index contributed by atoms with van der Waals surface area (Å²) >= 11 is 0. The van der Waals surface area contributed by atoms with Crippen molar-refractivity contribution in [3.05, 3.63) is 0 Å². The van der Waals surface area contributed by atoms with Crippen molar-refractivity contribution >= 4 is 8.80 Å². The predicted octanol–water partition coefficient (Wildman–Crippen LogP) is -0.325. The van der Waals surface area contributed by atoms with E-state index in [0.717, 1.165) is 0 Å². The first-order valence-electron chi connectivity index (χ1n) is 3.71. The molecule has 2 atom stereocenters. The van der Waals surface area contributed by atoms with E-state index in [4.69, 9.17) is 14.0 Å². The largest absolute Gasteiger partial charge is 0.497 e. The normalized spacial score (nSPS) is 43.9. The third-order valence-corrected chi connectivity index (χ3v) is 3.87. The molecule has 4 nitrogen and oxygen atoms in total. The molecule has 1 heterocycles. The molecule has 11 heavy (non-hydrogen) atoms. The van der Waals surface area contributed by atoms with Gasteiger partial charge in [0.05, 0.1) is 0 Å². The lowest BCUT2D eigenvalue weighted by molar-refractivity contribution is -0.198. The van der Waals surface area contributed by atoms with Crippen molar-refractivity contribution in [3.63, 3.8) is 0 Å². The highest BCUT2D eigenvalue weighted by atomic mass is 28.4. The van der Waals surface area contributed by atoms with Crippen LogP contribution in [0.3, 0.4) is 0 Å². The molecule has 1 aliphatic heterocycles. The zero-order valence-corrected chi connectivity index (χ0v) is 7.74. The van der Waals surface area contributed by atoms with Gasteiger partial charge in [-0.15, -0.1) is 0 Å². The molecule has 1 aliphatic rings. The van der Waals surface area contributed by atoms with E-state index in [2.05, 4.69) is 0 Å². The maximum atomic E-state index is 9.47. The molecular weight excluding hydrogens is 164 g/mol. The van der Waals surface area contributed by atoms with Crippen LogP contribution in [0.1, 0.15) is 20.3 Å². The zero-order valence-electron chi connectivity index (χ0n) is 6.74. The summed E-state index contributed by atoms with van der Waals surface area (Å²) in [6.07, 6.45) is 0.603. The summed E-state index contributed by atoms with van der Waals surface area (Å²) in [4.78, 5) is 18.3. The molecule has 3 N–H and O–H groups in total. The SMILES string of the molecule is CC1CC[Si](O)(O)OC1(C)O. The van der Waals surface area contributed by atoms with Crippen molar-refractivity contribution in [2.45, 2.75) is 32.1 Å². The third-order valence-electron chi connectivity index (χ3n) is 2.19. The lowest BCUT2D eigenvalue weighted by atomic mass is 10.00. The molecule has 5 heteroatoms. The van der Waals surface area contributed by atoms with Gasteiger partial charge in [-0.05, 0) is 13.3 Å². The second kappa shape index (κ2) is 2.53. The van der Waals surface area contributed by atoms with Crippen molar-refractivity contribution in [3.8, 4) is 0 Å². The molecule has 1 fully saturated rings. The summed E-state index contributed by atoms with van der Waals surface area (Å²) in [6.45, 7) is 3.29. The zero-order chi connectivity index (χ0) is 8.70. The summed E-state index contributed by atoms with van der Waals surface area (Å²) < 4.78 is 4.78. The predicted molar refractivity (Wildman–Crippen MR) is 40.5 cm³/mol. The Morgan fingerprint density at radius 3 is 2.45 bits per heavy atom. The first-order valence-corrected chi connectivity index (χ1v) is 5.72. The smallest absolute Gasteiger partial charge is 0.390 e. The van der Waals surface area contributed by atoms with E-state index in [1.165, 1.54) is 6.92 Å². The molecule has 0 spiro atoms. The fourth-order valence-corrected chi connectivity index (χ4v) is 2.93. The average molecular weight is 178 g/mol. The summed E-state index contributed by atoms with van der Waals surface area (Å²) in [7, 11) is -3.52. The molecule has 1 rings (SSSR count). The highest BCUT2D eigenvalue weighted by Gasteiger charge is 2.47. The summed E-state index contributed by atoms with van der Waals surface area (Å²) in [5.74, 6) is -1.41. The molecule has 0 aromatic heterocycles. The topological polar surface area (TPSA) is 69.9 Å². The van der Waals surface area contributed by atoms with Crippen LogP contribution in [0, 0.1) is 5.92 Å². The van der Waals surface area contributed by atoms with Crippen LogP contribution in [-0.2, 0) is 4.43 Å². The Labute approximate surface area is 66.8 Å². The van der Waals surface area contributed by atoms with E-state index in [1.807, 2.05) is 6.92 Å². The fourth-order valence-electron chi connectivity index (χ4n) is 1.15. The lowest BCUT2D eigenvalue weighted by Crippen LogP contribution is -2.54. The van der Waals surface area contributed by atoms with Gasteiger partial charge in [0.2, 0.25) is 0 Å². The van der Waals surface area contributed by atoms with Gasteiger partial charge >= 0.3 is 8.80 Å². The lowest BCUT2D eigenvalue weighted by Gasteiger charge is -2.39. The highest BCUT2D eigenvalue weighted by molar-refractivity contribution is 6.57.